The van der Waals surface area contributed by atoms with Crippen LogP contribution < -0.4 is 0 Å². The van der Waals surface area contributed by atoms with E-state index < -0.39 is 97.5 Å². The number of phosphoric acid groups is 2. The topological polar surface area (TPSA) is 237 Å². The monoisotopic (exact) mass is 1420 g/mol. The van der Waals surface area contributed by atoms with E-state index in [1.165, 1.54) is 193 Å². The molecule has 0 bridgehead atoms. The lowest BCUT2D eigenvalue weighted by Gasteiger charge is -2.21. The Hall–Kier alpha value is -1.94. The summed E-state index contributed by atoms with van der Waals surface area (Å²) in [6.07, 6.45) is 52.8. The van der Waals surface area contributed by atoms with Crippen molar-refractivity contribution in [2.24, 2.45) is 23.7 Å². The van der Waals surface area contributed by atoms with Crippen molar-refractivity contribution in [3.63, 3.8) is 0 Å². The highest BCUT2D eigenvalue weighted by Gasteiger charge is 2.30. The fourth-order valence-electron chi connectivity index (χ4n) is 11.8. The second-order valence-electron chi connectivity index (χ2n) is 29.5. The van der Waals surface area contributed by atoms with Gasteiger partial charge in [-0.25, -0.2) is 9.13 Å². The third-order valence-electron chi connectivity index (χ3n) is 18.8. The van der Waals surface area contributed by atoms with Crippen LogP contribution in [0.15, 0.2) is 0 Å². The average molecular weight is 1420 g/mol. The summed E-state index contributed by atoms with van der Waals surface area (Å²) in [6.45, 7) is 14.2. The Morgan fingerprint density at radius 1 is 0.289 bits per heavy atom. The summed E-state index contributed by atoms with van der Waals surface area (Å²) in [4.78, 5) is 72.9. The predicted octanol–water partition coefficient (Wildman–Crippen LogP) is 22.8. The molecule has 0 saturated heterocycles. The van der Waals surface area contributed by atoms with Crippen LogP contribution in [0.3, 0.4) is 0 Å². The van der Waals surface area contributed by atoms with E-state index in [-0.39, 0.29) is 25.7 Å². The normalized spacial score (nSPS) is 14.6. The van der Waals surface area contributed by atoms with Crippen molar-refractivity contribution in [1.82, 2.24) is 0 Å². The van der Waals surface area contributed by atoms with Gasteiger partial charge < -0.3 is 33.8 Å². The first-order valence-electron chi connectivity index (χ1n) is 40.3. The molecular weight excluding hydrogens is 1270 g/mol. The summed E-state index contributed by atoms with van der Waals surface area (Å²) in [5.74, 6) is 0.981. The number of hydrogen-bond acceptors (Lipinski definition) is 15. The minimum Gasteiger partial charge on any atom is -0.462 e. The van der Waals surface area contributed by atoms with E-state index in [0.29, 0.717) is 25.7 Å². The summed E-state index contributed by atoms with van der Waals surface area (Å²) in [5.41, 5.74) is 0. The van der Waals surface area contributed by atoms with Crippen LogP contribution in [0.4, 0.5) is 0 Å². The highest BCUT2D eigenvalue weighted by atomic mass is 31.2. The Bertz CT molecular complexity index is 1910. The Morgan fingerprint density at radius 3 is 0.732 bits per heavy atom. The molecule has 0 spiro atoms. The van der Waals surface area contributed by atoms with Crippen LogP contribution in [-0.2, 0) is 65.4 Å². The summed E-state index contributed by atoms with van der Waals surface area (Å²) < 4.78 is 68.6. The maximum atomic E-state index is 13.1. The van der Waals surface area contributed by atoms with Gasteiger partial charge in [-0.2, -0.15) is 0 Å². The molecule has 7 atom stereocenters. The Kier molecular flexibility index (Phi) is 65.9. The number of aliphatic hydroxyl groups is 1. The minimum atomic E-state index is -4.96. The molecule has 0 heterocycles. The van der Waals surface area contributed by atoms with Crippen molar-refractivity contribution in [3.8, 4) is 0 Å². The molecule has 0 radical (unpaired) electrons. The molecule has 0 rings (SSSR count). The molecule has 0 aromatic heterocycles. The van der Waals surface area contributed by atoms with Crippen molar-refractivity contribution < 1.29 is 80.2 Å². The number of carbonyl (C=O) groups excluding carboxylic acids is 4. The molecule has 4 unspecified atom stereocenters. The molecule has 0 aromatic rings. The molecule has 0 saturated carbocycles. The van der Waals surface area contributed by atoms with E-state index in [4.69, 9.17) is 37.0 Å². The molecule has 0 aliphatic rings. The average Bonchev–Trinajstić information content (AvgIpc) is 1.16. The van der Waals surface area contributed by atoms with Gasteiger partial charge in [0.25, 0.3) is 0 Å². The lowest BCUT2D eigenvalue weighted by molar-refractivity contribution is -0.161. The van der Waals surface area contributed by atoms with Gasteiger partial charge in [0.2, 0.25) is 0 Å². The van der Waals surface area contributed by atoms with Gasteiger partial charge >= 0.3 is 39.5 Å². The number of carbonyl (C=O) groups is 4. The molecular formula is C78H152O17P2. The van der Waals surface area contributed by atoms with Crippen LogP contribution in [0, 0.1) is 23.7 Å². The standard InChI is InChI=1S/C78H152O17P2/c1-9-70(7)56-48-40-32-25-21-17-14-15-19-23-27-34-44-52-60-77(82)94-73(64-88-75(80)58-50-42-33-26-22-18-13-11-12-16-20-24-30-38-46-54-68(3)4)66-92-96(84,85)90-62-72(79)63-91-97(86,87)93-67-74(65-89-76(81)59-51-43-37-36-41-49-57-71(8)10-2)95-78(83)61-53-45-35-29-28-31-39-47-55-69(5)6/h68-74,79H,9-67H2,1-8H3,(H,84,85)(H,86,87)/t70?,71?,72-,73-,74-/m1/s1. The molecule has 0 amide bonds. The zero-order valence-corrected chi connectivity index (χ0v) is 65.5. The second-order valence-corrected chi connectivity index (χ2v) is 32.4. The van der Waals surface area contributed by atoms with E-state index in [1.807, 2.05) is 0 Å². The van der Waals surface area contributed by atoms with E-state index in [1.54, 1.807) is 0 Å². The lowest BCUT2D eigenvalue weighted by Crippen LogP contribution is -2.30. The number of unbranched alkanes of at least 4 members (excludes halogenated alkanes) is 39. The van der Waals surface area contributed by atoms with Gasteiger partial charge in [-0.15, -0.1) is 0 Å². The highest BCUT2D eigenvalue weighted by molar-refractivity contribution is 7.47. The molecule has 17 nitrogen and oxygen atoms in total. The smallest absolute Gasteiger partial charge is 0.462 e. The zero-order valence-electron chi connectivity index (χ0n) is 63.7. The van der Waals surface area contributed by atoms with E-state index in [0.717, 1.165) is 120 Å². The van der Waals surface area contributed by atoms with Crippen LogP contribution in [-0.4, -0.2) is 96.7 Å². The largest absolute Gasteiger partial charge is 0.472 e. The van der Waals surface area contributed by atoms with E-state index in [2.05, 4.69) is 55.4 Å². The lowest BCUT2D eigenvalue weighted by atomic mass is 9.99. The number of ether oxygens (including phenoxy) is 4. The van der Waals surface area contributed by atoms with Crippen LogP contribution in [0.5, 0.6) is 0 Å². The van der Waals surface area contributed by atoms with Crippen molar-refractivity contribution in [2.45, 2.75) is 414 Å². The van der Waals surface area contributed by atoms with Gasteiger partial charge in [0, 0.05) is 25.7 Å². The molecule has 3 N–H and O–H groups in total. The van der Waals surface area contributed by atoms with Gasteiger partial charge in [-0.1, -0.05) is 344 Å². The van der Waals surface area contributed by atoms with E-state index in [9.17, 15) is 43.2 Å². The maximum absolute atomic E-state index is 13.1. The number of phosphoric ester groups is 2. The first kappa shape index (κ1) is 95.1. The van der Waals surface area contributed by atoms with Crippen molar-refractivity contribution >= 4 is 39.5 Å². The SMILES string of the molecule is CCC(C)CCCCCCCCCCCCCCCCC(=O)O[C@H](COC(=O)CCCCCCCCCCCCCCCCCC(C)C)COP(=O)(O)OC[C@@H](O)COP(=O)(O)OC[C@@H](COC(=O)CCCCCCCCC(C)CC)OC(=O)CCCCCCCCCCC(C)C. The fourth-order valence-corrected chi connectivity index (χ4v) is 13.4. The number of aliphatic hydroxyl groups excluding tert-OH is 1. The van der Waals surface area contributed by atoms with Crippen LogP contribution in [0.1, 0.15) is 396 Å². The number of hydrogen-bond donors (Lipinski definition) is 3. The molecule has 0 aromatic carbocycles. The van der Waals surface area contributed by atoms with Gasteiger partial charge in [-0.05, 0) is 49.4 Å². The summed E-state index contributed by atoms with van der Waals surface area (Å²) in [5, 5.41) is 10.6. The maximum Gasteiger partial charge on any atom is 0.472 e. The zero-order chi connectivity index (χ0) is 71.7. The van der Waals surface area contributed by atoms with Crippen LogP contribution in [0.25, 0.3) is 0 Å². The second kappa shape index (κ2) is 67.2. The first-order valence-corrected chi connectivity index (χ1v) is 43.3. The molecule has 0 fully saturated rings. The third-order valence-corrected chi connectivity index (χ3v) is 20.7. The third kappa shape index (κ3) is 69.5. The Balaban J connectivity index is 5.24. The fraction of sp³-hybridized carbons (Fsp3) is 0.949. The molecule has 0 aliphatic heterocycles. The number of esters is 4. The van der Waals surface area contributed by atoms with E-state index >= 15 is 0 Å². The van der Waals surface area contributed by atoms with Crippen LogP contribution >= 0.6 is 15.6 Å². The van der Waals surface area contributed by atoms with Crippen LogP contribution in [0.2, 0.25) is 0 Å². The van der Waals surface area contributed by atoms with Gasteiger partial charge in [0.1, 0.15) is 19.3 Å². The molecule has 576 valence electrons. The van der Waals surface area contributed by atoms with Gasteiger partial charge in [0.05, 0.1) is 26.4 Å². The summed E-state index contributed by atoms with van der Waals surface area (Å²) in [7, 11) is -9.92. The summed E-state index contributed by atoms with van der Waals surface area (Å²) >= 11 is 0. The van der Waals surface area contributed by atoms with Crippen molar-refractivity contribution in [2.75, 3.05) is 39.6 Å². The quantitative estimate of drug-likeness (QED) is 0.0222. The number of rotatable bonds is 75. The predicted molar refractivity (Wildman–Crippen MR) is 395 cm³/mol. The van der Waals surface area contributed by atoms with Gasteiger partial charge in [-0.3, -0.25) is 37.3 Å². The van der Waals surface area contributed by atoms with Crippen molar-refractivity contribution in [1.29, 1.82) is 0 Å². The Morgan fingerprint density at radius 2 is 0.495 bits per heavy atom. The van der Waals surface area contributed by atoms with Gasteiger partial charge in [0.15, 0.2) is 12.2 Å². The molecule has 0 aliphatic carbocycles. The molecule has 19 heteroatoms. The Labute approximate surface area is 594 Å². The summed E-state index contributed by atoms with van der Waals surface area (Å²) in [6, 6.07) is 0. The minimum absolute atomic E-state index is 0.103. The highest BCUT2D eigenvalue weighted by Crippen LogP contribution is 2.45. The van der Waals surface area contributed by atoms with Crippen molar-refractivity contribution in [3.05, 3.63) is 0 Å². The molecule has 97 heavy (non-hydrogen) atoms. The first-order chi connectivity index (χ1) is 46.7.